The predicted molar refractivity (Wildman–Crippen MR) is 77.6 cm³/mol. The monoisotopic (exact) mass is 267 g/mol. The summed E-state index contributed by atoms with van der Waals surface area (Å²) in [5.74, 6) is 0.206. The molecule has 2 N–H and O–H groups in total. The van der Waals surface area contributed by atoms with Gasteiger partial charge >= 0.3 is 0 Å². The number of fused-ring (bicyclic) bond motifs is 1. The molecular weight excluding hydrogens is 250 g/mol. The number of phenolic OH excluding ortho intramolecular Hbond substituents is 1. The summed E-state index contributed by atoms with van der Waals surface area (Å²) in [5, 5.41) is 12.5. The van der Waals surface area contributed by atoms with Crippen molar-refractivity contribution in [1.29, 1.82) is 0 Å². The van der Waals surface area contributed by atoms with Gasteiger partial charge in [0.05, 0.1) is 6.42 Å². The van der Waals surface area contributed by atoms with Crippen LogP contribution in [0.5, 0.6) is 5.75 Å². The topological polar surface area (TPSA) is 49.3 Å². The molecular formula is C17H17NO2. The average Bonchev–Trinajstić information content (AvgIpc) is 2.80. The maximum Gasteiger partial charge on any atom is 0.224 e. The molecule has 0 unspecified atom stereocenters. The summed E-state index contributed by atoms with van der Waals surface area (Å²) in [6, 6.07) is 15.3. The molecule has 1 aliphatic rings. The van der Waals surface area contributed by atoms with Crippen LogP contribution in [0.25, 0.3) is 0 Å². The highest BCUT2D eigenvalue weighted by molar-refractivity contribution is 5.79. The van der Waals surface area contributed by atoms with Crippen LogP contribution in [0, 0.1) is 0 Å². The summed E-state index contributed by atoms with van der Waals surface area (Å²) in [6.07, 6.45) is 2.12. The zero-order chi connectivity index (χ0) is 13.9. The number of hydrogen-bond acceptors (Lipinski definition) is 2. The highest BCUT2D eigenvalue weighted by Crippen LogP contribution is 2.21. The van der Waals surface area contributed by atoms with Gasteiger partial charge in [0, 0.05) is 6.04 Å². The summed E-state index contributed by atoms with van der Waals surface area (Å²) in [5.41, 5.74) is 3.49. The molecule has 20 heavy (non-hydrogen) atoms. The maximum absolute atomic E-state index is 12.0. The molecule has 0 saturated heterocycles. The van der Waals surface area contributed by atoms with Crippen LogP contribution in [-0.4, -0.2) is 17.1 Å². The van der Waals surface area contributed by atoms with Gasteiger partial charge in [0.1, 0.15) is 5.75 Å². The van der Waals surface area contributed by atoms with Crippen molar-refractivity contribution in [3.05, 3.63) is 65.2 Å². The van der Waals surface area contributed by atoms with Crippen LogP contribution in [-0.2, 0) is 24.1 Å². The number of carbonyl (C=O) groups excluding carboxylic acids is 1. The van der Waals surface area contributed by atoms with Crippen LogP contribution in [0.15, 0.2) is 48.5 Å². The molecule has 0 spiro atoms. The fraction of sp³-hybridized carbons (Fsp3) is 0.235. The fourth-order valence-corrected chi connectivity index (χ4v) is 2.79. The van der Waals surface area contributed by atoms with E-state index < -0.39 is 0 Å². The standard InChI is InChI=1S/C17H17NO2/c19-16-7-3-4-12(8-16)9-17(20)18-15-10-13-5-1-2-6-14(13)11-15/h1-8,15,19H,9-11H2,(H,18,20). The number of aromatic hydroxyl groups is 1. The van der Waals surface area contributed by atoms with E-state index in [0.29, 0.717) is 6.42 Å². The Hall–Kier alpha value is -2.29. The number of nitrogens with one attached hydrogen (secondary N) is 1. The lowest BCUT2D eigenvalue weighted by atomic mass is 10.1. The lowest BCUT2D eigenvalue weighted by Crippen LogP contribution is -2.36. The van der Waals surface area contributed by atoms with E-state index in [4.69, 9.17) is 0 Å². The van der Waals surface area contributed by atoms with Crippen LogP contribution in [0.4, 0.5) is 0 Å². The summed E-state index contributed by atoms with van der Waals surface area (Å²) >= 11 is 0. The van der Waals surface area contributed by atoms with Crippen molar-refractivity contribution >= 4 is 5.91 Å². The molecule has 1 amide bonds. The molecule has 2 aromatic carbocycles. The quantitative estimate of drug-likeness (QED) is 0.896. The van der Waals surface area contributed by atoms with E-state index in [1.165, 1.54) is 11.1 Å². The molecule has 0 saturated carbocycles. The van der Waals surface area contributed by atoms with Crippen LogP contribution in [0.3, 0.4) is 0 Å². The normalized spacial score (nSPS) is 14.0. The molecule has 3 rings (SSSR count). The van der Waals surface area contributed by atoms with Crippen LogP contribution >= 0.6 is 0 Å². The lowest BCUT2D eigenvalue weighted by Gasteiger charge is -2.12. The van der Waals surface area contributed by atoms with Crippen molar-refractivity contribution in [2.24, 2.45) is 0 Å². The van der Waals surface area contributed by atoms with Gasteiger partial charge in [0.2, 0.25) is 5.91 Å². The first-order valence-corrected chi connectivity index (χ1v) is 6.85. The molecule has 3 nitrogen and oxygen atoms in total. The third-order valence-corrected chi connectivity index (χ3v) is 3.69. The third-order valence-electron chi connectivity index (χ3n) is 3.69. The van der Waals surface area contributed by atoms with E-state index in [-0.39, 0.29) is 17.7 Å². The molecule has 0 bridgehead atoms. The first-order valence-electron chi connectivity index (χ1n) is 6.85. The highest BCUT2D eigenvalue weighted by Gasteiger charge is 2.22. The Labute approximate surface area is 118 Å². The van der Waals surface area contributed by atoms with Crippen molar-refractivity contribution in [3.63, 3.8) is 0 Å². The zero-order valence-electron chi connectivity index (χ0n) is 11.2. The molecule has 0 aliphatic heterocycles. The Morgan fingerprint density at radius 1 is 1.10 bits per heavy atom. The number of carbonyl (C=O) groups is 1. The minimum Gasteiger partial charge on any atom is -0.508 e. The van der Waals surface area contributed by atoms with Gasteiger partial charge in [-0.1, -0.05) is 36.4 Å². The Bertz CT molecular complexity index is 611. The first-order chi connectivity index (χ1) is 9.70. The molecule has 0 fully saturated rings. The largest absolute Gasteiger partial charge is 0.508 e. The number of phenols is 1. The van der Waals surface area contributed by atoms with E-state index in [9.17, 15) is 9.90 Å². The average molecular weight is 267 g/mol. The second-order valence-electron chi connectivity index (χ2n) is 5.29. The van der Waals surface area contributed by atoms with Gasteiger partial charge in [0.15, 0.2) is 0 Å². The minimum atomic E-state index is 0.00778. The Balaban J connectivity index is 1.58. The van der Waals surface area contributed by atoms with Crippen LogP contribution < -0.4 is 5.32 Å². The van der Waals surface area contributed by atoms with Gasteiger partial charge in [-0.2, -0.15) is 0 Å². The molecule has 102 valence electrons. The predicted octanol–water partition coefficient (Wildman–Crippen LogP) is 2.22. The summed E-state index contributed by atoms with van der Waals surface area (Å²) < 4.78 is 0. The lowest BCUT2D eigenvalue weighted by molar-refractivity contribution is -0.121. The smallest absolute Gasteiger partial charge is 0.224 e. The van der Waals surface area contributed by atoms with E-state index in [2.05, 4.69) is 17.4 Å². The Morgan fingerprint density at radius 3 is 2.45 bits per heavy atom. The highest BCUT2D eigenvalue weighted by atomic mass is 16.3. The van der Waals surface area contributed by atoms with E-state index in [0.717, 1.165) is 18.4 Å². The van der Waals surface area contributed by atoms with Gasteiger partial charge in [-0.3, -0.25) is 4.79 Å². The van der Waals surface area contributed by atoms with Gasteiger partial charge in [-0.05, 0) is 41.7 Å². The van der Waals surface area contributed by atoms with Gasteiger partial charge < -0.3 is 10.4 Å². The van der Waals surface area contributed by atoms with Crippen molar-refractivity contribution in [2.75, 3.05) is 0 Å². The van der Waals surface area contributed by atoms with E-state index >= 15 is 0 Å². The fourth-order valence-electron chi connectivity index (χ4n) is 2.79. The molecule has 3 heteroatoms. The number of rotatable bonds is 3. The molecule has 1 aliphatic carbocycles. The van der Waals surface area contributed by atoms with Crippen molar-refractivity contribution in [1.82, 2.24) is 5.32 Å². The summed E-state index contributed by atoms with van der Waals surface area (Å²) in [6.45, 7) is 0. The number of benzene rings is 2. The zero-order valence-corrected chi connectivity index (χ0v) is 11.2. The molecule has 0 radical (unpaired) electrons. The van der Waals surface area contributed by atoms with Gasteiger partial charge in [-0.15, -0.1) is 0 Å². The van der Waals surface area contributed by atoms with Gasteiger partial charge in [0.25, 0.3) is 0 Å². The van der Waals surface area contributed by atoms with Crippen molar-refractivity contribution < 1.29 is 9.90 Å². The number of amides is 1. The SMILES string of the molecule is O=C(Cc1cccc(O)c1)NC1Cc2ccccc2C1. The van der Waals surface area contributed by atoms with Crippen molar-refractivity contribution in [2.45, 2.75) is 25.3 Å². The molecule has 0 heterocycles. The molecule has 0 aromatic heterocycles. The maximum atomic E-state index is 12.0. The minimum absolute atomic E-state index is 0.00778. The first kappa shape index (κ1) is 12.7. The summed E-state index contributed by atoms with van der Waals surface area (Å²) in [7, 11) is 0. The van der Waals surface area contributed by atoms with E-state index in [1.807, 2.05) is 18.2 Å². The van der Waals surface area contributed by atoms with Crippen LogP contribution in [0.1, 0.15) is 16.7 Å². The van der Waals surface area contributed by atoms with Crippen molar-refractivity contribution in [3.8, 4) is 5.75 Å². The molecule has 2 aromatic rings. The second kappa shape index (κ2) is 5.37. The summed E-state index contributed by atoms with van der Waals surface area (Å²) in [4.78, 5) is 12.0. The third kappa shape index (κ3) is 2.82. The second-order valence-corrected chi connectivity index (χ2v) is 5.29. The van der Waals surface area contributed by atoms with Crippen LogP contribution in [0.2, 0.25) is 0 Å². The van der Waals surface area contributed by atoms with Gasteiger partial charge in [-0.25, -0.2) is 0 Å². The Kier molecular flexibility index (Phi) is 3.42. The number of hydrogen-bond donors (Lipinski definition) is 2. The van der Waals surface area contributed by atoms with E-state index in [1.54, 1.807) is 18.2 Å². The Morgan fingerprint density at radius 2 is 1.80 bits per heavy atom. The molecule has 0 atom stereocenters.